The van der Waals surface area contributed by atoms with E-state index in [1.54, 1.807) is 0 Å². The molecule has 160 valence electrons. The standard InChI is InChI=1S/C22H27BrN4O3/c1-14-16(23)5-3-6-17(14)24-21(28)18-13-20-19(7-4-10-27(20)25-18)26-11-8-15(9-12-26)22(29)30-2/h3,5-6,13,15,19H,4,7-12H2,1-2H3,(H,24,28). The number of halogens is 1. The van der Waals surface area contributed by atoms with E-state index < -0.39 is 0 Å². The van der Waals surface area contributed by atoms with E-state index in [2.05, 4.69) is 31.2 Å². The second-order valence-corrected chi connectivity index (χ2v) is 8.89. The first-order valence-electron chi connectivity index (χ1n) is 10.4. The average molecular weight is 475 g/mol. The molecule has 2 aliphatic rings. The number of amides is 1. The summed E-state index contributed by atoms with van der Waals surface area (Å²) in [7, 11) is 1.45. The summed E-state index contributed by atoms with van der Waals surface area (Å²) in [5.74, 6) is -0.305. The van der Waals surface area contributed by atoms with Crippen molar-refractivity contribution >= 4 is 33.5 Å². The minimum atomic E-state index is -0.193. The molecule has 1 aromatic heterocycles. The van der Waals surface area contributed by atoms with Gasteiger partial charge >= 0.3 is 5.97 Å². The monoisotopic (exact) mass is 474 g/mol. The maximum absolute atomic E-state index is 12.9. The average Bonchev–Trinajstić information content (AvgIpc) is 3.21. The molecule has 3 heterocycles. The lowest BCUT2D eigenvalue weighted by Gasteiger charge is -2.38. The Hall–Kier alpha value is -2.19. The van der Waals surface area contributed by atoms with Crippen LogP contribution in [0.25, 0.3) is 0 Å². The SMILES string of the molecule is COC(=O)C1CCN(C2CCCn3nc(C(=O)Nc4cccc(Br)c4C)cc32)CC1. The van der Waals surface area contributed by atoms with Gasteiger partial charge < -0.3 is 10.1 Å². The van der Waals surface area contributed by atoms with Crippen molar-refractivity contribution in [1.82, 2.24) is 14.7 Å². The van der Waals surface area contributed by atoms with Crippen molar-refractivity contribution in [2.45, 2.75) is 45.2 Å². The van der Waals surface area contributed by atoms with Crippen LogP contribution in [0.5, 0.6) is 0 Å². The second-order valence-electron chi connectivity index (χ2n) is 8.04. The molecule has 1 N–H and O–H groups in total. The number of esters is 1. The largest absolute Gasteiger partial charge is 0.469 e. The zero-order valence-corrected chi connectivity index (χ0v) is 18.9. The molecule has 1 amide bonds. The van der Waals surface area contributed by atoms with Crippen LogP contribution in [0.2, 0.25) is 0 Å². The van der Waals surface area contributed by atoms with Gasteiger partial charge in [0.15, 0.2) is 5.69 Å². The molecular weight excluding hydrogens is 448 g/mol. The fourth-order valence-corrected chi connectivity index (χ4v) is 4.85. The molecule has 1 atom stereocenters. The van der Waals surface area contributed by atoms with Crippen molar-refractivity contribution < 1.29 is 14.3 Å². The van der Waals surface area contributed by atoms with E-state index in [9.17, 15) is 9.59 Å². The highest BCUT2D eigenvalue weighted by Gasteiger charge is 2.33. The van der Waals surface area contributed by atoms with Crippen LogP contribution in [-0.4, -0.2) is 46.8 Å². The van der Waals surface area contributed by atoms with Crippen LogP contribution < -0.4 is 5.32 Å². The highest BCUT2D eigenvalue weighted by Crippen LogP contribution is 2.34. The Morgan fingerprint density at radius 1 is 1.20 bits per heavy atom. The van der Waals surface area contributed by atoms with Gasteiger partial charge in [-0.25, -0.2) is 0 Å². The Morgan fingerprint density at radius 3 is 2.70 bits per heavy atom. The predicted molar refractivity (Wildman–Crippen MR) is 117 cm³/mol. The van der Waals surface area contributed by atoms with Gasteiger partial charge in [0.25, 0.3) is 5.91 Å². The van der Waals surface area contributed by atoms with Crippen LogP contribution >= 0.6 is 15.9 Å². The van der Waals surface area contributed by atoms with Crippen LogP contribution in [0, 0.1) is 12.8 Å². The molecule has 7 nitrogen and oxygen atoms in total. The topological polar surface area (TPSA) is 76.5 Å². The molecular formula is C22H27BrN4O3. The van der Waals surface area contributed by atoms with Crippen LogP contribution in [0.15, 0.2) is 28.7 Å². The summed E-state index contributed by atoms with van der Waals surface area (Å²) in [4.78, 5) is 27.1. The number of likely N-dealkylation sites (tertiary alicyclic amines) is 1. The van der Waals surface area contributed by atoms with Gasteiger partial charge in [0.2, 0.25) is 0 Å². The van der Waals surface area contributed by atoms with E-state index >= 15 is 0 Å². The number of hydrogen-bond acceptors (Lipinski definition) is 5. The molecule has 0 bridgehead atoms. The van der Waals surface area contributed by atoms with E-state index in [0.29, 0.717) is 5.69 Å². The number of piperidine rings is 1. The number of carbonyl (C=O) groups excluding carboxylic acids is 2. The molecule has 30 heavy (non-hydrogen) atoms. The Kier molecular flexibility index (Phi) is 6.24. The molecule has 2 aromatic rings. The summed E-state index contributed by atoms with van der Waals surface area (Å²) in [5.41, 5.74) is 3.30. The third-order valence-electron chi connectivity index (χ3n) is 6.25. The number of aryl methyl sites for hydroxylation is 1. The molecule has 0 radical (unpaired) electrons. The van der Waals surface area contributed by atoms with E-state index in [0.717, 1.165) is 66.7 Å². The van der Waals surface area contributed by atoms with Gasteiger partial charge in [-0.3, -0.25) is 19.2 Å². The smallest absolute Gasteiger partial charge is 0.308 e. The minimum Gasteiger partial charge on any atom is -0.469 e. The Balaban J connectivity index is 1.48. The van der Waals surface area contributed by atoms with Crippen LogP contribution in [0.1, 0.15) is 53.5 Å². The van der Waals surface area contributed by atoms with Gasteiger partial charge in [0.1, 0.15) is 0 Å². The maximum Gasteiger partial charge on any atom is 0.308 e. The van der Waals surface area contributed by atoms with Crippen molar-refractivity contribution in [3.8, 4) is 0 Å². The van der Waals surface area contributed by atoms with E-state index in [1.807, 2.05) is 35.9 Å². The molecule has 1 saturated heterocycles. The van der Waals surface area contributed by atoms with E-state index in [-0.39, 0.29) is 23.8 Å². The summed E-state index contributed by atoms with van der Waals surface area (Å²) < 4.78 is 7.84. The molecule has 0 saturated carbocycles. The fourth-order valence-electron chi connectivity index (χ4n) is 4.48. The lowest BCUT2D eigenvalue weighted by molar-refractivity contribution is -0.147. The number of nitrogens with one attached hydrogen (secondary N) is 1. The number of aromatic nitrogens is 2. The number of fused-ring (bicyclic) bond motifs is 1. The van der Waals surface area contributed by atoms with Crippen molar-refractivity contribution in [2.24, 2.45) is 5.92 Å². The number of anilines is 1. The number of nitrogens with zero attached hydrogens (tertiary/aromatic N) is 3. The number of ether oxygens (including phenoxy) is 1. The normalized spacial score (nSPS) is 19.9. The molecule has 1 aromatic carbocycles. The van der Waals surface area contributed by atoms with Crippen LogP contribution in [0.4, 0.5) is 5.69 Å². The van der Waals surface area contributed by atoms with Gasteiger partial charge in [-0.15, -0.1) is 0 Å². The zero-order valence-electron chi connectivity index (χ0n) is 17.4. The van der Waals surface area contributed by atoms with Gasteiger partial charge in [0.05, 0.1) is 24.8 Å². The number of rotatable bonds is 4. The molecule has 8 heteroatoms. The van der Waals surface area contributed by atoms with Crippen LogP contribution in [-0.2, 0) is 16.1 Å². The zero-order chi connectivity index (χ0) is 21.3. The molecule has 0 aliphatic carbocycles. The minimum absolute atomic E-state index is 0.00507. The molecule has 0 spiro atoms. The second kappa shape index (κ2) is 8.89. The first-order chi connectivity index (χ1) is 14.5. The fraction of sp³-hybridized carbons (Fsp3) is 0.500. The Labute approximate surface area is 184 Å². The highest BCUT2D eigenvalue weighted by atomic mass is 79.9. The van der Waals surface area contributed by atoms with Crippen molar-refractivity contribution in [3.05, 3.63) is 45.7 Å². The first-order valence-corrected chi connectivity index (χ1v) is 11.2. The first kappa shape index (κ1) is 21.1. The molecule has 1 fully saturated rings. The number of methoxy groups -OCH3 is 1. The number of carbonyl (C=O) groups is 2. The predicted octanol–water partition coefficient (Wildman–Crippen LogP) is 3.93. The lowest BCUT2D eigenvalue weighted by Crippen LogP contribution is -2.40. The Morgan fingerprint density at radius 2 is 1.97 bits per heavy atom. The third-order valence-corrected chi connectivity index (χ3v) is 7.11. The van der Waals surface area contributed by atoms with Gasteiger partial charge in [-0.2, -0.15) is 5.10 Å². The molecule has 4 rings (SSSR count). The van der Waals surface area contributed by atoms with Crippen molar-refractivity contribution in [2.75, 3.05) is 25.5 Å². The lowest BCUT2D eigenvalue weighted by atomic mass is 9.93. The maximum atomic E-state index is 12.9. The molecule has 1 unspecified atom stereocenters. The quantitative estimate of drug-likeness (QED) is 0.679. The van der Waals surface area contributed by atoms with Gasteiger partial charge in [-0.05, 0) is 69.5 Å². The van der Waals surface area contributed by atoms with Gasteiger partial charge in [0, 0.05) is 16.7 Å². The summed E-state index contributed by atoms with van der Waals surface area (Å²) in [6.07, 6.45) is 3.70. The summed E-state index contributed by atoms with van der Waals surface area (Å²) in [5, 5.41) is 7.58. The van der Waals surface area contributed by atoms with Gasteiger partial charge in [-0.1, -0.05) is 22.0 Å². The molecule has 2 aliphatic heterocycles. The van der Waals surface area contributed by atoms with E-state index in [1.165, 1.54) is 7.11 Å². The summed E-state index contributed by atoms with van der Waals surface area (Å²) >= 11 is 3.50. The highest BCUT2D eigenvalue weighted by molar-refractivity contribution is 9.10. The van der Waals surface area contributed by atoms with Crippen molar-refractivity contribution in [1.29, 1.82) is 0 Å². The van der Waals surface area contributed by atoms with E-state index in [4.69, 9.17) is 4.74 Å². The third kappa shape index (κ3) is 4.16. The van der Waals surface area contributed by atoms with Crippen LogP contribution in [0.3, 0.4) is 0 Å². The summed E-state index contributed by atoms with van der Waals surface area (Å²) in [6, 6.07) is 7.91. The number of benzene rings is 1. The van der Waals surface area contributed by atoms with Crippen molar-refractivity contribution in [3.63, 3.8) is 0 Å². The number of hydrogen-bond donors (Lipinski definition) is 1. The summed E-state index contributed by atoms with van der Waals surface area (Å²) in [6.45, 7) is 4.50. The Bertz CT molecular complexity index is 950.